The summed E-state index contributed by atoms with van der Waals surface area (Å²) in [4.78, 5) is 11.9. The van der Waals surface area contributed by atoms with Crippen molar-refractivity contribution in [3.63, 3.8) is 0 Å². The third-order valence-electron chi connectivity index (χ3n) is 5.70. The number of rotatable bonds is 6. The average Bonchev–Trinajstić information content (AvgIpc) is 2.41. The van der Waals surface area contributed by atoms with Crippen LogP contribution in [0.4, 0.5) is 0 Å². The van der Waals surface area contributed by atoms with Crippen LogP contribution in [0.2, 0.25) is 0 Å². The van der Waals surface area contributed by atoms with Crippen molar-refractivity contribution in [1.29, 1.82) is 0 Å². The first-order chi connectivity index (χ1) is 9.64. The smallest absolute Gasteiger partial charge is 0.306 e. The number of esters is 1. The van der Waals surface area contributed by atoms with Crippen LogP contribution < -0.4 is 0 Å². The number of allylic oxidation sites excluding steroid dienone is 2. The van der Waals surface area contributed by atoms with Crippen molar-refractivity contribution in [2.75, 3.05) is 0 Å². The molecule has 21 heavy (non-hydrogen) atoms. The molecule has 1 aliphatic carbocycles. The second kappa shape index (κ2) is 6.37. The van der Waals surface area contributed by atoms with E-state index in [1.165, 1.54) is 0 Å². The number of carbonyl (C=O) groups excluding carboxylic acids is 1. The molecule has 0 unspecified atom stereocenters. The van der Waals surface area contributed by atoms with Gasteiger partial charge in [-0.2, -0.15) is 0 Å². The van der Waals surface area contributed by atoms with Gasteiger partial charge in [0, 0.05) is 6.42 Å². The van der Waals surface area contributed by atoms with Crippen molar-refractivity contribution in [2.45, 2.75) is 72.3 Å². The lowest BCUT2D eigenvalue weighted by Gasteiger charge is -2.52. The Bertz CT molecular complexity index is 410. The van der Waals surface area contributed by atoms with Gasteiger partial charge in [0.25, 0.3) is 0 Å². The van der Waals surface area contributed by atoms with Crippen molar-refractivity contribution in [1.82, 2.24) is 0 Å². The predicted octanol–water partition coefficient (Wildman–Crippen LogP) is 5.29. The molecule has 0 bridgehead atoms. The SMILES string of the molecule is C=C[C@]1(C)CC[C@@H](C(C)(C)OC(=O)CCC)C[C@@]1(C)C=C. The molecule has 1 fully saturated rings. The maximum absolute atomic E-state index is 11.9. The van der Waals surface area contributed by atoms with E-state index in [1.54, 1.807) is 0 Å². The summed E-state index contributed by atoms with van der Waals surface area (Å²) in [6.07, 6.45) is 8.55. The average molecular weight is 292 g/mol. The Morgan fingerprint density at radius 3 is 2.33 bits per heavy atom. The van der Waals surface area contributed by atoms with Crippen molar-refractivity contribution in [3.8, 4) is 0 Å². The molecular weight excluding hydrogens is 260 g/mol. The van der Waals surface area contributed by atoms with Crippen LogP contribution in [0.1, 0.15) is 66.7 Å². The maximum Gasteiger partial charge on any atom is 0.306 e. The van der Waals surface area contributed by atoms with Gasteiger partial charge in [-0.1, -0.05) is 32.9 Å². The molecule has 0 spiro atoms. The van der Waals surface area contributed by atoms with Gasteiger partial charge in [0.2, 0.25) is 0 Å². The molecule has 1 rings (SSSR count). The molecule has 0 aromatic heterocycles. The van der Waals surface area contributed by atoms with Crippen LogP contribution in [0, 0.1) is 16.7 Å². The van der Waals surface area contributed by atoms with Crippen molar-refractivity contribution in [2.24, 2.45) is 16.7 Å². The van der Waals surface area contributed by atoms with Gasteiger partial charge in [-0.25, -0.2) is 0 Å². The van der Waals surface area contributed by atoms with Gasteiger partial charge in [0.15, 0.2) is 0 Å². The molecule has 0 aliphatic heterocycles. The second-order valence-corrected chi connectivity index (χ2v) is 7.51. The highest BCUT2D eigenvalue weighted by molar-refractivity contribution is 5.69. The molecule has 0 aromatic rings. The molecule has 0 N–H and O–H groups in total. The third kappa shape index (κ3) is 3.59. The Morgan fingerprint density at radius 2 is 1.86 bits per heavy atom. The first kappa shape index (κ1) is 18.0. The minimum Gasteiger partial charge on any atom is -0.459 e. The van der Waals surface area contributed by atoms with E-state index in [1.807, 2.05) is 20.8 Å². The number of ether oxygens (including phenoxy) is 1. The van der Waals surface area contributed by atoms with Crippen LogP contribution in [0.3, 0.4) is 0 Å². The molecule has 0 saturated heterocycles. The lowest BCUT2D eigenvalue weighted by Crippen LogP contribution is -2.47. The van der Waals surface area contributed by atoms with E-state index in [4.69, 9.17) is 4.74 Å². The van der Waals surface area contributed by atoms with Gasteiger partial charge in [0.1, 0.15) is 5.60 Å². The van der Waals surface area contributed by atoms with Gasteiger partial charge in [-0.15, -0.1) is 13.2 Å². The van der Waals surface area contributed by atoms with E-state index >= 15 is 0 Å². The van der Waals surface area contributed by atoms with E-state index in [9.17, 15) is 4.79 Å². The van der Waals surface area contributed by atoms with Crippen LogP contribution in [-0.2, 0) is 9.53 Å². The third-order valence-corrected chi connectivity index (χ3v) is 5.70. The molecule has 120 valence electrons. The van der Waals surface area contributed by atoms with Crippen LogP contribution in [0.5, 0.6) is 0 Å². The van der Waals surface area contributed by atoms with E-state index in [2.05, 4.69) is 39.2 Å². The Balaban J connectivity index is 2.89. The zero-order valence-electron chi connectivity index (χ0n) is 14.5. The summed E-state index contributed by atoms with van der Waals surface area (Å²) in [6.45, 7) is 18.7. The first-order valence-electron chi connectivity index (χ1n) is 8.13. The van der Waals surface area contributed by atoms with Gasteiger partial charge in [-0.3, -0.25) is 4.79 Å². The van der Waals surface area contributed by atoms with Gasteiger partial charge in [-0.05, 0) is 56.3 Å². The Kier molecular flexibility index (Phi) is 5.46. The Hall–Kier alpha value is -1.05. The summed E-state index contributed by atoms with van der Waals surface area (Å²) < 4.78 is 5.76. The summed E-state index contributed by atoms with van der Waals surface area (Å²) in [5.41, 5.74) is -0.361. The second-order valence-electron chi connectivity index (χ2n) is 7.51. The summed E-state index contributed by atoms with van der Waals surface area (Å²) >= 11 is 0. The number of hydrogen-bond donors (Lipinski definition) is 0. The fourth-order valence-corrected chi connectivity index (χ4v) is 3.48. The molecule has 0 amide bonds. The van der Waals surface area contributed by atoms with E-state index in [0.29, 0.717) is 12.3 Å². The standard InChI is InChI=1S/C19H32O2/c1-8-11-16(20)21-17(4,5)15-12-13-18(6,9-2)19(7,10-3)14-15/h9-10,15H,2-3,8,11-14H2,1,4-7H3/t15-,18-,19-/m1/s1. The van der Waals surface area contributed by atoms with Crippen molar-refractivity contribution in [3.05, 3.63) is 25.3 Å². The molecule has 2 heteroatoms. The highest BCUT2D eigenvalue weighted by Crippen LogP contribution is 2.55. The lowest BCUT2D eigenvalue weighted by atomic mass is 9.53. The summed E-state index contributed by atoms with van der Waals surface area (Å²) in [6, 6.07) is 0. The van der Waals surface area contributed by atoms with Gasteiger partial charge in [0.05, 0.1) is 0 Å². The molecule has 3 atom stereocenters. The quantitative estimate of drug-likeness (QED) is 0.491. The predicted molar refractivity (Wildman–Crippen MR) is 89.0 cm³/mol. The molecule has 2 nitrogen and oxygen atoms in total. The normalized spacial score (nSPS) is 33.3. The van der Waals surface area contributed by atoms with Crippen LogP contribution in [0.15, 0.2) is 25.3 Å². The summed E-state index contributed by atoms with van der Waals surface area (Å²) in [7, 11) is 0. The highest BCUT2D eigenvalue weighted by atomic mass is 16.6. The fraction of sp³-hybridized carbons (Fsp3) is 0.737. The zero-order valence-corrected chi connectivity index (χ0v) is 14.5. The van der Waals surface area contributed by atoms with Crippen molar-refractivity contribution < 1.29 is 9.53 Å². The first-order valence-corrected chi connectivity index (χ1v) is 8.13. The Morgan fingerprint density at radius 1 is 1.29 bits per heavy atom. The lowest BCUT2D eigenvalue weighted by molar-refractivity contribution is -0.166. The molecule has 0 aromatic carbocycles. The zero-order chi connectivity index (χ0) is 16.3. The van der Waals surface area contributed by atoms with E-state index in [-0.39, 0.29) is 16.8 Å². The highest BCUT2D eigenvalue weighted by Gasteiger charge is 2.49. The topological polar surface area (TPSA) is 26.3 Å². The molecule has 0 heterocycles. The van der Waals surface area contributed by atoms with E-state index in [0.717, 1.165) is 25.7 Å². The van der Waals surface area contributed by atoms with E-state index < -0.39 is 5.60 Å². The maximum atomic E-state index is 11.9. The molecule has 0 radical (unpaired) electrons. The summed E-state index contributed by atoms with van der Waals surface area (Å²) in [5, 5.41) is 0. The van der Waals surface area contributed by atoms with Crippen LogP contribution in [0.25, 0.3) is 0 Å². The van der Waals surface area contributed by atoms with Gasteiger partial charge >= 0.3 is 5.97 Å². The Labute approximate surface area is 130 Å². The van der Waals surface area contributed by atoms with Crippen LogP contribution in [-0.4, -0.2) is 11.6 Å². The molecular formula is C19H32O2. The molecule has 1 aliphatic rings. The number of hydrogen-bond acceptors (Lipinski definition) is 2. The fourth-order valence-electron chi connectivity index (χ4n) is 3.48. The summed E-state index contributed by atoms with van der Waals surface area (Å²) in [5.74, 6) is 0.272. The monoisotopic (exact) mass is 292 g/mol. The number of carbonyl (C=O) groups is 1. The van der Waals surface area contributed by atoms with Crippen LogP contribution >= 0.6 is 0 Å². The molecule has 1 saturated carbocycles. The largest absolute Gasteiger partial charge is 0.459 e. The minimum absolute atomic E-state index is 0.00784. The van der Waals surface area contributed by atoms with Crippen molar-refractivity contribution >= 4 is 5.97 Å². The van der Waals surface area contributed by atoms with Gasteiger partial charge < -0.3 is 4.74 Å². The minimum atomic E-state index is -0.418.